The van der Waals surface area contributed by atoms with Gasteiger partial charge in [-0.25, -0.2) is 15.0 Å². The minimum atomic E-state index is 0.142. The summed E-state index contributed by atoms with van der Waals surface area (Å²) in [5, 5.41) is 0. The smallest absolute Gasteiger partial charge is 0.152 e. The van der Waals surface area contributed by atoms with E-state index in [-0.39, 0.29) is 6.10 Å². The first-order valence-electron chi connectivity index (χ1n) is 10.2. The highest BCUT2D eigenvalue weighted by atomic mass is 16.5. The van der Waals surface area contributed by atoms with Gasteiger partial charge in [0.25, 0.3) is 0 Å². The molecule has 3 aromatic heterocycles. The minimum Gasteiger partial charge on any atom is -0.405 e. The first kappa shape index (κ1) is 20.3. The first-order chi connectivity index (χ1) is 14.5. The number of morpholine rings is 1. The molecule has 0 amide bonds. The van der Waals surface area contributed by atoms with E-state index >= 15 is 0 Å². The maximum Gasteiger partial charge on any atom is 0.152 e. The van der Waals surface area contributed by atoms with Crippen LogP contribution in [0.3, 0.4) is 0 Å². The van der Waals surface area contributed by atoms with Gasteiger partial charge >= 0.3 is 0 Å². The Hall–Kier alpha value is -3.03. The van der Waals surface area contributed by atoms with Gasteiger partial charge in [-0.2, -0.15) is 0 Å². The number of hydrogen-bond acceptors (Lipinski definition) is 6. The van der Waals surface area contributed by atoms with E-state index in [1.807, 2.05) is 12.3 Å². The summed E-state index contributed by atoms with van der Waals surface area (Å²) in [7, 11) is 2.14. The van der Waals surface area contributed by atoms with Gasteiger partial charge in [-0.3, -0.25) is 0 Å². The number of imidazole rings is 1. The Kier molecular flexibility index (Phi) is 5.92. The van der Waals surface area contributed by atoms with Crippen LogP contribution in [0.5, 0.6) is 0 Å². The van der Waals surface area contributed by atoms with Crippen molar-refractivity contribution in [3.63, 3.8) is 0 Å². The molecule has 0 aliphatic carbocycles. The van der Waals surface area contributed by atoms with Crippen LogP contribution in [0.25, 0.3) is 16.9 Å². The van der Waals surface area contributed by atoms with Crippen LogP contribution in [-0.2, 0) is 11.2 Å². The number of aryl methyl sites for hydroxylation is 2. The molecule has 7 nitrogen and oxygen atoms in total. The molecule has 1 aliphatic heterocycles. The van der Waals surface area contributed by atoms with Crippen LogP contribution in [0.2, 0.25) is 0 Å². The molecular formula is C23H28N6O. The lowest BCUT2D eigenvalue weighted by Gasteiger charge is -2.30. The molecule has 1 atom stereocenters. The zero-order valence-electron chi connectivity index (χ0n) is 17.7. The predicted molar refractivity (Wildman–Crippen MR) is 120 cm³/mol. The molecule has 7 heteroatoms. The molecule has 4 rings (SSSR count). The number of ether oxygens (including phenoxy) is 1. The van der Waals surface area contributed by atoms with Crippen LogP contribution in [-0.4, -0.2) is 58.3 Å². The van der Waals surface area contributed by atoms with Gasteiger partial charge in [0.1, 0.15) is 5.65 Å². The van der Waals surface area contributed by atoms with E-state index < -0.39 is 0 Å². The highest BCUT2D eigenvalue weighted by molar-refractivity contribution is 5.75. The second-order valence-electron chi connectivity index (χ2n) is 7.82. The molecule has 0 spiro atoms. The summed E-state index contributed by atoms with van der Waals surface area (Å²) in [4.78, 5) is 16.1. The summed E-state index contributed by atoms with van der Waals surface area (Å²) in [6.45, 7) is 6.80. The molecule has 0 radical (unpaired) electrons. The number of hydrogen-bond donors (Lipinski definition) is 1. The molecule has 1 fully saturated rings. The second-order valence-corrected chi connectivity index (χ2v) is 7.82. The third kappa shape index (κ3) is 4.27. The van der Waals surface area contributed by atoms with E-state index in [0.717, 1.165) is 54.3 Å². The van der Waals surface area contributed by atoms with Gasteiger partial charge in [0.05, 0.1) is 24.1 Å². The molecule has 2 N–H and O–H groups in total. The van der Waals surface area contributed by atoms with Crippen LogP contribution in [0.1, 0.15) is 16.8 Å². The molecule has 1 saturated heterocycles. The van der Waals surface area contributed by atoms with Crippen molar-refractivity contribution >= 4 is 17.7 Å². The summed E-state index contributed by atoms with van der Waals surface area (Å²) in [5.41, 5.74) is 11.7. The third-order valence-electron chi connectivity index (χ3n) is 5.40. The Balaban J connectivity index is 1.76. The van der Waals surface area contributed by atoms with E-state index in [1.165, 1.54) is 11.8 Å². The summed E-state index contributed by atoms with van der Waals surface area (Å²) in [5.74, 6) is 0.646. The van der Waals surface area contributed by atoms with Crippen LogP contribution in [0.4, 0.5) is 5.82 Å². The maximum absolute atomic E-state index is 6.06. The normalized spacial score (nSPS) is 18.2. The number of nitrogens with zero attached hydrogens (tertiary/aromatic N) is 5. The van der Waals surface area contributed by atoms with E-state index in [0.29, 0.717) is 5.82 Å². The van der Waals surface area contributed by atoms with E-state index in [1.54, 1.807) is 12.3 Å². The number of pyridine rings is 2. The second kappa shape index (κ2) is 8.77. The molecule has 3 aromatic rings. The molecular weight excluding hydrogens is 376 g/mol. The van der Waals surface area contributed by atoms with Crippen molar-refractivity contribution in [2.45, 2.75) is 26.4 Å². The predicted octanol–water partition coefficient (Wildman–Crippen LogP) is 3.06. The van der Waals surface area contributed by atoms with Crippen molar-refractivity contribution in [3.05, 3.63) is 59.7 Å². The van der Waals surface area contributed by atoms with Gasteiger partial charge in [-0.05, 0) is 62.5 Å². The zero-order valence-corrected chi connectivity index (χ0v) is 17.7. The number of fused-ring (bicyclic) bond motifs is 1. The Morgan fingerprint density at radius 3 is 2.97 bits per heavy atom. The Morgan fingerprint density at radius 2 is 2.20 bits per heavy atom. The molecule has 156 valence electrons. The molecule has 30 heavy (non-hydrogen) atoms. The van der Waals surface area contributed by atoms with Gasteiger partial charge in [0.2, 0.25) is 0 Å². The molecule has 1 unspecified atom stereocenters. The van der Waals surface area contributed by atoms with Crippen LogP contribution in [0, 0.1) is 13.8 Å². The van der Waals surface area contributed by atoms with Gasteiger partial charge in [-0.1, -0.05) is 0 Å². The van der Waals surface area contributed by atoms with Crippen LogP contribution < -0.4 is 5.73 Å². The van der Waals surface area contributed by atoms with E-state index in [2.05, 4.69) is 58.5 Å². The number of aliphatic imine (C=N–C) groups is 1. The number of likely N-dealkylation sites (N-methyl/N-ethyl adjacent to an activating group) is 1. The fourth-order valence-electron chi connectivity index (χ4n) is 3.84. The molecule has 0 bridgehead atoms. The van der Waals surface area contributed by atoms with E-state index in [9.17, 15) is 0 Å². The maximum atomic E-state index is 6.06. The number of aromatic nitrogens is 3. The summed E-state index contributed by atoms with van der Waals surface area (Å²) < 4.78 is 8.23. The third-order valence-corrected chi connectivity index (χ3v) is 5.40. The quantitative estimate of drug-likeness (QED) is 0.661. The van der Waals surface area contributed by atoms with Crippen molar-refractivity contribution in [2.24, 2.45) is 10.7 Å². The lowest BCUT2D eigenvalue weighted by Crippen LogP contribution is -2.41. The van der Waals surface area contributed by atoms with Gasteiger partial charge in [-0.15, -0.1) is 0 Å². The van der Waals surface area contributed by atoms with Crippen molar-refractivity contribution in [3.8, 4) is 11.3 Å². The van der Waals surface area contributed by atoms with E-state index in [4.69, 9.17) is 15.5 Å². The summed E-state index contributed by atoms with van der Waals surface area (Å²) in [6.07, 6.45) is 9.66. The number of allylic oxidation sites excluding steroid dienone is 1. The van der Waals surface area contributed by atoms with Crippen molar-refractivity contribution in [1.82, 2.24) is 19.3 Å². The fraction of sp³-hybridized carbons (Fsp3) is 0.348. The minimum absolute atomic E-state index is 0.142. The highest BCUT2D eigenvalue weighted by Crippen LogP contribution is 2.30. The Bertz CT molecular complexity index is 1100. The molecule has 4 heterocycles. The average molecular weight is 405 g/mol. The SMILES string of the molecule is Cc1ccn2c(CC3CN(C)CCO3)c(-c3cnc(N=CC=CN)cc3C)nc2c1. The Labute approximate surface area is 176 Å². The molecule has 0 saturated carbocycles. The zero-order chi connectivity index (χ0) is 21.1. The number of rotatable bonds is 5. The Morgan fingerprint density at radius 1 is 1.33 bits per heavy atom. The van der Waals surface area contributed by atoms with Crippen LogP contribution >= 0.6 is 0 Å². The lowest BCUT2D eigenvalue weighted by molar-refractivity contribution is -0.0190. The van der Waals surface area contributed by atoms with Crippen LogP contribution in [0.15, 0.2) is 47.9 Å². The van der Waals surface area contributed by atoms with Crippen molar-refractivity contribution < 1.29 is 4.74 Å². The summed E-state index contributed by atoms with van der Waals surface area (Å²) >= 11 is 0. The van der Waals surface area contributed by atoms with Crippen molar-refractivity contribution in [1.29, 1.82) is 0 Å². The monoisotopic (exact) mass is 404 g/mol. The fourth-order valence-corrected chi connectivity index (χ4v) is 3.84. The lowest BCUT2D eigenvalue weighted by atomic mass is 10.0. The first-order valence-corrected chi connectivity index (χ1v) is 10.2. The molecule has 1 aliphatic rings. The number of nitrogens with two attached hydrogens (primary N) is 1. The topological polar surface area (TPSA) is 81.0 Å². The van der Waals surface area contributed by atoms with Gasteiger partial charge in [0.15, 0.2) is 5.82 Å². The average Bonchev–Trinajstić information content (AvgIpc) is 3.05. The van der Waals surface area contributed by atoms with Gasteiger partial charge < -0.3 is 19.8 Å². The molecule has 0 aromatic carbocycles. The highest BCUT2D eigenvalue weighted by Gasteiger charge is 2.23. The van der Waals surface area contributed by atoms with Gasteiger partial charge in [0, 0.05) is 43.7 Å². The standard InChI is InChI=1S/C23H28N6O/c1-16-5-8-29-20(13-18-15-28(3)9-10-30-18)23(27-22(29)11-16)19-14-26-21(12-17(19)2)25-7-4-6-24/h4-8,11-12,14,18H,9-10,13,15,24H2,1-3H3. The van der Waals surface area contributed by atoms with Crippen molar-refractivity contribution in [2.75, 3.05) is 26.7 Å². The largest absolute Gasteiger partial charge is 0.405 e. The summed E-state index contributed by atoms with van der Waals surface area (Å²) in [6, 6.07) is 6.20.